The molecule has 6 nitrogen and oxygen atoms in total. The van der Waals surface area contributed by atoms with Crippen LogP contribution in [0.3, 0.4) is 0 Å². The number of carbonyl (C=O) groups is 1. The molecule has 0 saturated carbocycles. The number of ketones is 1. The van der Waals surface area contributed by atoms with E-state index >= 15 is 0 Å². The minimum atomic E-state index is -0.469. The van der Waals surface area contributed by atoms with Crippen LogP contribution in [0.15, 0.2) is 46.9 Å². The molecule has 0 aliphatic rings. The molecule has 140 valence electrons. The predicted octanol–water partition coefficient (Wildman–Crippen LogP) is 5.31. The Labute approximate surface area is 156 Å². The van der Waals surface area contributed by atoms with Crippen molar-refractivity contribution in [3.8, 4) is 5.75 Å². The number of hydrogen-bond acceptors (Lipinski definition) is 5. The monoisotopic (exact) mass is 367 g/mol. The summed E-state index contributed by atoms with van der Waals surface area (Å²) in [4.78, 5) is 23.9. The van der Waals surface area contributed by atoms with Crippen molar-refractivity contribution in [2.24, 2.45) is 0 Å². The fourth-order valence-electron chi connectivity index (χ4n) is 3.03. The van der Waals surface area contributed by atoms with E-state index in [4.69, 9.17) is 9.15 Å². The molecule has 0 radical (unpaired) electrons. The van der Waals surface area contributed by atoms with E-state index in [1.165, 1.54) is 12.1 Å². The van der Waals surface area contributed by atoms with Gasteiger partial charge in [0.1, 0.15) is 17.1 Å². The second-order valence-electron chi connectivity index (χ2n) is 6.23. The highest BCUT2D eigenvalue weighted by Crippen LogP contribution is 2.32. The Morgan fingerprint density at radius 1 is 1.15 bits per heavy atom. The Balaban J connectivity index is 2.09. The van der Waals surface area contributed by atoms with Gasteiger partial charge in [0.2, 0.25) is 0 Å². The summed E-state index contributed by atoms with van der Waals surface area (Å²) in [5.74, 6) is 1.06. The van der Waals surface area contributed by atoms with E-state index in [-0.39, 0.29) is 11.5 Å². The number of rotatable bonds is 8. The van der Waals surface area contributed by atoms with Crippen molar-refractivity contribution < 1.29 is 18.9 Å². The average Bonchev–Trinajstić information content (AvgIpc) is 3.04. The van der Waals surface area contributed by atoms with Crippen LogP contribution >= 0.6 is 0 Å². The molecular formula is C21H21NO5. The van der Waals surface area contributed by atoms with Crippen LogP contribution in [0.1, 0.15) is 48.4 Å². The molecule has 0 atom stereocenters. The summed E-state index contributed by atoms with van der Waals surface area (Å²) >= 11 is 0. The average molecular weight is 367 g/mol. The molecule has 2 aromatic carbocycles. The van der Waals surface area contributed by atoms with Crippen LogP contribution in [0.5, 0.6) is 5.75 Å². The lowest BCUT2D eigenvalue weighted by molar-refractivity contribution is -0.384. The normalized spacial score (nSPS) is 10.9. The van der Waals surface area contributed by atoms with Gasteiger partial charge >= 0.3 is 0 Å². The van der Waals surface area contributed by atoms with E-state index in [0.717, 1.165) is 12.8 Å². The molecule has 0 amide bonds. The van der Waals surface area contributed by atoms with E-state index in [0.29, 0.717) is 46.6 Å². The number of unbranched alkanes of at least 4 members (excludes halogenated alkanes) is 1. The molecule has 0 aliphatic heterocycles. The minimum absolute atomic E-state index is 0.0638. The molecule has 0 spiro atoms. The molecule has 0 fully saturated rings. The van der Waals surface area contributed by atoms with Crippen LogP contribution in [0.25, 0.3) is 11.0 Å². The molecule has 3 aromatic rings. The number of hydrogen-bond donors (Lipinski definition) is 0. The van der Waals surface area contributed by atoms with E-state index in [1.54, 1.807) is 30.3 Å². The number of ether oxygens (including phenoxy) is 1. The zero-order valence-electron chi connectivity index (χ0n) is 15.4. The summed E-state index contributed by atoms with van der Waals surface area (Å²) in [6.45, 7) is 4.50. The molecule has 3 rings (SSSR count). The Morgan fingerprint density at radius 2 is 1.89 bits per heavy atom. The lowest BCUT2D eigenvalue weighted by atomic mass is 9.98. The molecule has 0 unspecified atom stereocenters. The van der Waals surface area contributed by atoms with Crippen molar-refractivity contribution in [3.05, 3.63) is 69.5 Å². The third-order valence-corrected chi connectivity index (χ3v) is 4.37. The first kappa shape index (κ1) is 18.6. The highest BCUT2D eigenvalue weighted by molar-refractivity contribution is 6.17. The summed E-state index contributed by atoms with van der Waals surface area (Å²) < 4.78 is 11.3. The van der Waals surface area contributed by atoms with Crippen LogP contribution in [-0.2, 0) is 6.42 Å². The number of aryl methyl sites for hydroxylation is 1. The highest BCUT2D eigenvalue weighted by atomic mass is 16.6. The molecule has 1 heterocycles. The van der Waals surface area contributed by atoms with Crippen LogP contribution in [0.4, 0.5) is 5.69 Å². The van der Waals surface area contributed by atoms with Gasteiger partial charge in [-0.2, -0.15) is 0 Å². The van der Waals surface area contributed by atoms with Crippen LogP contribution in [0.2, 0.25) is 0 Å². The molecule has 0 saturated heterocycles. The Kier molecular flexibility index (Phi) is 5.54. The van der Waals surface area contributed by atoms with Crippen molar-refractivity contribution in [1.29, 1.82) is 0 Å². The number of non-ortho nitro benzene ring substituents is 1. The van der Waals surface area contributed by atoms with E-state index in [2.05, 4.69) is 6.92 Å². The van der Waals surface area contributed by atoms with E-state index < -0.39 is 4.92 Å². The topological polar surface area (TPSA) is 82.6 Å². The SMILES string of the molecule is CCCCc1oc2ccc([N+](=O)[O-])cc2c1C(=O)c1ccc(OCC)cc1. The molecule has 0 bridgehead atoms. The van der Waals surface area contributed by atoms with Gasteiger partial charge in [-0.1, -0.05) is 13.3 Å². The first-order chi connectivity index (χ1) is 13.0. The lowest BCUT2D eigenvalue weighted by Crippen LogP contribution is -2.04. The molecule has 0 aliphatic carbocycles. The smallest absolute Gasteiger partial charge is 0.270 e. The molecular weight excluding hydrogens is 346 g/mol. The van der Waals surface area contributed by atoms with E-state index in [9.17, 15) is 14.9 Å². The molecule has 6 heteroatoms. The maximum Gasteiger partial charge on any atom is 0.270 e. The molecule has 0 N–H and O–H groups in total. The summed E-state index contributed by atoms with van der Waals surface area (Å²) in [7, 11) is 0. The largest absolute Gasteiger partial charge is 0.494 e. The Hall–Kier alpha value is -3.15. The standard InChI is InChI=1S/C21H21NO5/c1-3-5-6-19-20(17-13-15(22(24)25)9-12-18(17)27-19)21(23)14-7-10-16(11-8-14)26-4-2/h7-13H,3-6H2,1-2H3. The fourth-order valence-corrected chi connectivity index (χ4v) is 3.03. The summed E-state index contributed by atoms with van der Waals surface area (Å²) in [5.41, 5.74) is 1.32. The maximum atomic E-state index is 13.2. The Bertz CT molecular complexity index is 972. The number of nitrogens with zero attached hydrogens (tertiary/aromatic N) is 1. The van der Waals surface area contributed by atoms with Gasteiger partial charge < -0.3 is 9.15 Å². The number of benzene rings is 2. The zero-order valence-corrected chi connectivity index (χ0v) is 15.4. The maximum absolute atomic E-state index is 13.2. The number of nitro groups is 1. The second-order valence-corrected chi connectivity index (χ2v) is 6.23. The van der Waals surface area contributed by atoms with Crippen molar-refractivity contribution in [1.82, 2.24) is 0 Å². The van der Waals surface area contributed by atoms with Gasteiger partial charge in [0.15, 0.2) is 5.78 Å². The van der Waals surface area contributed by atoms with Gasteiger partial charge in [-0.05, 0) is 43.7 Å². The zero-order chi connectivity index (χ0) is 19.4. The number of carbonyl (C=O) groups excluding carboxylic acids is 1. The Morgan fingerprint density at radius 3 is 2.52 bits per heavy atom. The first-order valence-corrected chi connectivity index (χ1v) is 9.02. The van der Waals surface area contributed by atoms with Gasteiger partial charge in [-0.3, -0.25) is 14.9 Å². The molecule has 1 aromatic heterocycles. The number of furan rings is 1. The minimum Gasteiger partial charge on any atom is -0.494 e. The lowest BCUT2D eigenvalue weighted by Gasteiger charge is -2.05. The third-order valence-electron chi connectivity index (χ3n) is 4.37. The van der Waals surface area contributed by atoms with Crippen LogP contribution in [0, 0.1) is 10.1 Å². The van der Waals surface area contributed by atoms with Crippen molar-refractivity contribution >= 4 is 22.4 Å². The number of nitro benzene ring substituents is 1. The van der Waals surface area contributed by atoms with Crippen molar-refractivity contribution in [3.63, 3.8) is 0 Å². The molecule has 27 heavy (non-hydrogen) atoms. The number of fused-ring (bicyclic) bond motifs is 1. The van der Waals surface area contributed by atoms with Crippen molar-refractivity contribution in [2.75, 3.05) is 6.61 Å². The van der Waals surface area contributed by atoms with Gasteiger partial charge in [-0.15, -0.1) is 0 Å². The van der Waals surface area contributed by atoms with Gasteiger partial charge in [0.05, 0.1) is 17.1 Å². The fraction of sp³-hybridized carbons (Fsp3) is 0.286. The van der Waals surface area contributed by atoms with E-state index in [1.807, 2.05) is 6.92 Å². The summed E-state index contributed by atoms with van der Waals surface area (Å²) in [6, 6.07) is 11.2. The highest BCUT2D eigenvalue weighted by Gasteiger charge is 2.23. The predicted molar refractivity (Wildman–Crippen MR) is 103 cm³/mol. The summed E-state index contributed by atoms with van der Waals surface area (Å²) in [6.07, 6.45) is 2.43. The van der Waals surface area contributed by atoms with Crippen LogP contribution < -0.4 is 4.74 Å². The second kappa shape index (κ2) is 8.03. The van der Waals surface area contributed by atoms with Crippen LogP contribution in [-0.4, -0.2) is 17.3 Å². The quantitative estimate of drug-likeness (QED) is 0.306. The first-order valence-electron chi connectivity index (χ1n) is 9.02. The van der Waals surface area contributed by atoms with Gasteiger partial charge in [0, 0.05) is 29.5 Å². The van der Waals surface area contributed by atoms with Gasteiger partial charge in [0.25, 0.3) is 5.69 Å². The van der Waals surface area contributed by atoms with Crippen molar-refractivity contribution in [2.45, 2.75) is 33.1 Å². The van der Waals surface area contributed by atoms with Gasteiger partial charge in [-0.25, -0.2) is 0 Å². The summed E-state index contributed by atoms with van der Waals surface area (Å²) in [5, 5.41) is 11.6. The third kappa shape index (κ3) is 3.84.